The Balaban J connectivity index is 1.78. The maximum Gasteiger partial charge on any atom is 0.410 e. The van der Waals surface area contributed by atoms with Crippen molar-refractivity contribution >= 4 is 12.1 Å². The number of hydrogen-bond acceptors (Lipinski definition) is 5. The van der Waals surface area contributed by atoms with E-state index in [0.717, 1.165) is 11.1 Å². The van der Waals surface area contributed by atoms with E-state index in [1.54, 1.807) is 24.3 Å². The van der Waals surface area contributed by atoms with E-state index in [0.29, 0.717) is 24.3 Å². The van der Waals surface area contributed by atoms with Gasteiger partial charge in [0.05, 0.1) is 13.7 Å². The van der Waals surface area contributed by atoms with Crippen LogP contribution in [0.3, 0.4) is 0 Å². The quantitative estimate of drug-likeness (QED) is 0.660. The van der Waals surface area contributed by atoms with Gasteiger partial charge in [-0.05, 0) is 53.3 Å². The van der Waals surface area contributed by atoms with Gasteiger partial charge in [-0.15, -0.1) is 0 Å². The summed E-state index contributed by atoms with van der Waals surface area (Å²) in [6, 6.07) is 10.7. The second kappa shape index (κ2) is 9.61. The highest BCUT2D eigenvalue weighted by molar-refractivity contribution is 5.84. The molecule has 0 bridgehead atoms. The summed E-state index contributed by atoms with van der Waals surface area (Å²) < 4.78 is 29.4. The molecular weight excluding hydrogens is 389 g/mol. The first kappa shape index (κ1) is 21.6. The Labute approximate surface area is 175 Å². The lowest BCUT2D eigenvalue weighted by molar-refractivity contribution is -0.147. The van der Waals surface area contributed by atoms with Crippen molar-refractivity contribution in [3.05, 3.63) is 65.0 Å². The molecule has 0 aliphatic carbocycles. The predicted octanol–water partition coefficient (Wildman–Crippen LogP) is 4.27. The predicted molar refractivity (Wildman–Crippen MR) is 109 cm³/mol. The molecule has 0 fully saturated rings. The van der Waals surface area contributed by atoms with Gasteiger partial charge in [0.25, 0.3) is 0 Å². The second-order valence-electron chi connectivity index (χ2n) is 7.62. The van der Waals surface area contributed by atoms with E-state index in [2.05, 4.69) is 0 Å². The molecule has 0 saturated heterocycles. The van der Waals surface area contributed by atoms with E-state index in [4.69, 9.17) is 14.2 Å². The number of esters is 1. The molecule has 0 N–H and O–H groups in total. The lowest BCUT2D eigenvalue weighted by Crippen LogP contribution is -2.44. The highest BCUT2D eigenvalue weighted by atomic mass is 19.1. The normalized spacial score (nSPS) is 15.5. The van der Waals surface area contributed by atoms with Gasteiger partial charge >= 0.3 is 12.1 Å². The number of halogens is 1. The molecule has 1 aliphatic rings. The maximum atomic E-state index is 13.3. The van der Waals surface area contributed by atoms with Crippen LogP contribution in [-0.4, -0.2) is 37.2 Å². The van der Waals surface area contributed by atoms with Gasteiger partial charge < -0.3 is 14.2 Å². The van der Waals surface area contributed by atoms with Crippen molar-refractivity contribution in [2.45, 2.75) is 32.9 Å². The van der Waals surface area contributed by atoms with Crippen LogP contribution in [0.15, 0.2) is 42.5 Å². The molecule has 3 rings (SSSR count). The van der Waals surface area contributed by atoms with Crippen molar-refractivity contribution in [1.82, 2.24) is 4.90 Å². The minimum Gasteiger partial charge on any atom is -0.489 e. The first-order chi connectivity index (χ1) is 14.4. The molecular formula is C23H26FNO5. The number of methoxy groups -OCH3 is 1. The largest absolute Gasteiger partial charge is 0.489 e. The molecule has 0 aromatic heterocycles. The van der Waals surface area contributed by atoms with Crippen molar-refractivity contribution in [3.8, 4) is 5.75 Å². The average Bonchev–Trinajstić information content (AvgIpc) is 2.74. The SMILES string of the molecule is COC(=O)C1c2ccc(OCc3cccc(F)c3)cc2CCN1C(=O)OCC(C)C. The van der Waals surface area contributed by atoms with Crippen LogP contribution in [0.1, 0.15) is 36.6 Å². The smallest absolute Gasteiger partial charge is 0.410 e. The van der Waals surface area contributed by atoms with Gasteiger partial charge in [-0.3, -0.25) is 4.90 Å². The highest BCUT2D eigenvalue weighted by Crippen LogP contribution is 2.33. The number of benzene rings is 2. The van der Waals surface area contributed by atoms with Crippen LogP contribution in [0.2, 0.25) is 0 Å². The minimum absolute atomic E-state index is 0.195. The monoisotopic (exact) mass is 415 g/mol. The van der Waals surface area contributed by atoms with Crippen molar-refractivity contribution in [2.24, 2.45) is 5.92 Å². The summed E-state index contributed by atoms with van der Waals surface area (Å²) in [4.78, 5) is 26.4. The number of ether oxygens (including phenoxy) is 3. The molecule has 2 aromatic rings. The second-order valence-corrected chi connectivity index (χ2v) is 7.62. The van der Waals surface area contributed by atoms with E-state index in [-0.39, 0.29) is 24.9 Å². The van der Waals surface area contributed by atoms with E-state index in [9.17, 15) is 14.0 Å². The third kappa shape index (κ3) is 5.09. The summed E-state index contributed by atoms with van der Waals surface area (Å²) in [5, 5.41) is 0. The molecule has 2 aromatic carbocycles. The summed E-state index contributed by atoms with van der Waals surface area (Å²) in [5.74, 6) is -0.0318. The molecule has 7 heteroatoms. The fraction of sp³-hybridized carbons (Fsp3) is 0.391. The van der Waals surface area contributed by atoms with E-state index >= 15 is 0 Å². The Hall–Kier alpha value is -3.09. The molecule has 160 valence electrons. The van der Waals surface area contributed by atoms with Crippen molar-refractivity contribution in [3.63, 3.8) is 0 Å². The Kier molecular flexibility index (Phi) is 6.92. The van der Waals surface area contributed by atoms with Crippen LogP contribution in [-0.2, 0) is 27.3 Å². The average molecular weight is 415 g/mol. The van der Waals surface area contributed by atoms with Crippen LogP contribution < -0.4 is 4.74 Å². The number of carbonyl (C=O) groups excluding carboxylic acids is 2. The van der Waals surface area contributed by atoms with Gasteiger partial charge in [0.15, 0.2) is 6.04 Å². The standard InChI is InChI=1S/C23H26FNO5/c1-15(2)13-30-23(27)25-10-9-17-12-19(7-8-20(17)21(25)22(26)28-3)29-14-16-5-4-6-18(24)11-16/h4-8,11-12,15,21H,9-10,13-14H2,1-3H3. The van der Waals surface area contributed by atoms with E-state index in [1.807, 2.05) is 19.9 Å². The van der Waals surface area contributed by atoms with Gasteiger partial charge in [-0.1, -0.05) is 32.0 Å². The first-order valence-electron chi connectivity index (χ1n) is 9.90. The number of hydrogen-bond donors (Lipinski definition) is 0. The molecule has 1 aliphatic heterocycles. The van der Waals surface area contributed by atoms with E-state index < -0.39 is 18.1 Å². The number of fused-ring (bicyclic) bond motifs is 1. The molecule has 30 heavy (non-hydrogen) atoms. The zero-order valence-electron chi connectivity index (χ0n) is 17.4. The molecule has 1 atom stereocenters. The maximum absolute atomic E-state index is 13.3. The summed E-state index contributed by atoms with van der Waals surface area (Å²) >= 11 is 0. The Bertz CT molecular complexity index is 914. The van der Waals surface area contributed by atoms with Crippen LogP contribution >= 0.6 is 0 Å². The fourth-order valence-electron chi connectivity index (χ4n) is 3.37. The third-order valence-electron chi connectivity index (χ3n) is 4.84. The minimum atomic E-state index is -0.865. The van der Waals surface area contributed by atoms with Crippen molar-refractivity contribution in [1.29, 1.82) is 0 Å². The van der Waals surface area contributed by atoms with Gasteiger partial charge in [0, 0.05) is 6.54 Å². The summed E-state index contributed by atoms with van der Waals surface area (Å²) in [7, 11) is 1.30. The van der Waals surface area contributed by atoms with Gasteiger partial charge in [0.2, 0.25) is 0 Å². The topological polar surface area (TPSA) is 65.1 Å². The number of carbonyl (C=O) groups is 2. The molecule has 0 spiro atoms. The fourth-order valence-corrected chi connectivity index (χ4v) is 3.37. The lowest BCUT2D eigenvalue weighted by Gasteiger charge is -2.35. The molecule has 1 amide bonds. The molecule has 1 heterocycles. The van der Waals surface area contributed by atoms with Crippen LogP contribution in [0, 0.1) is 11.7 Å². The molecule has 0 radical (unpaired) electrons. The number of rotatable bonds is 6. The van der Waals surface area contributed by atoms with E-state index in [1.165, 1.54) is 24.1 Å². The zero-order valence-corrected chi connectivity index (χ0v) is 17.4. The zero-order chi connectivity index (χ0) is 21.7. The summed E-state index contributed by atoms with van der Waals surface area (Å²) in [6.07, 6.45) is 0.0210. The summed E-state index contributed by atoms with van der Waals surface area (Å²) in [5.41, 5.74) is 2.31. The molecule has 0 saturated carbocycles. The Morgan fingerprint density at radius 2 is 2.00 bits per heavy atom. The first-order valence-corrected chi connectivity index (χ1v) is 9.90. The van der Waals surface area contributed by atoms with Crippen LogP contribution in [0.5, 0.6) is 5.75 Å². The van der Waals surface area contributed by atoms with Crippen LogP contribution in [0.25, 0.3) is 0 Å². The van der Waals surface area contributed by atoms with Crippen molar-refractivity contribution in [2.75, 3.05) is 20.3 Å². The lowest BCUT2D eigenvalue weighted by atomic mass is 9.92. The molecule has 6 nitrogen and oxygen atoms in total. The summed E-state index contributed by atoms with van der Waals surface area (Å²) in [6.45, 7) is 4.73. The van der Waals surface area contributed by atoms with Crippen LogP contribution in [0.4, 0.5) is 9.18 Å². The van der Waals surface area contributed by atoms with Crippen molar-refractivity contribution < 1.29 is 28.2 Å². The number of amides is 1. The van der Waals surface area contributed by atoms with Gasteiger partial charge in [-0.2, -0.15) is 0 Å². The Morgan fingerprint density at radius 1 is 1.20 bits per heavy atom. The third-order valence-corrected chi connectivity index (χ3v) is 4.84. The number of nitrogens with zero attached hydrogens (tertiary/aromatic N) is 1. The van der Waals surface area contributed by atoms with Gasteiger partial charge in [0.1, 0.15) is 18.2 Å². The molecule has 1 unspecified atom stereocenters. The highest BCUT2D eigenvalue weighted by Gasteiger charge is 2.37. The Morgan fingerprint density at radius 3 is 2.70 bits per heavy atom. The van der Waals surface area contributed by atoms with Gasteiger partial charge in [-0.25, -0.2) is 14.0 Å².